The Morgan fingerprint density at radius 2 is 1.81 bits per heavy atom. The Hall–Kier alpha value is -1.89. The Bertz CT molecular complexity index is 787. The standard InChI is InChI=1S/C19H25NO5S/c1-2-11-26(24,25)15-9-7-13(8-10-15)18(21)20-16-6-4-3-5-14(16)12-17(20)19(22)23/h7-10,14,16-17H,2-6,11-12H2,1H3,(H,22,23)/t14-,16+,17-/m0/s1. The highest BCUT2D eigenvalue weighted by molar-refractivity contribution is 7.91. The van der Waals surface area contributed by atoms with E-state index >= 15 is 0 Å². The van der Waals surface area contributed by atoms with Gasteiger partial charge in [-0.3, -0.25) is 4.79 Å². The van der Waals surface area contributed by atoms with Gasteiger partial charge in [-0.1, -0.05) is 19.8 Å². The van der Waals surface area contributed by atoms with Gasteiger partial charge in [0.15, 0.2) is 9.84 Å². The zero-order chi connectivity index (χ0) is 18.9. The van der Waals surface area contributed by atoms with E-state index in [9.17, 15) is 23.1 Å². The number of amides is 1. The van der Waals surface area contributed by atoms with Gasteiger partial charge in [0.1, 0.15) is 6.04 Å². The second-order valence-corrected chi connectivity index (χ2v) is 9.37. The van der Waals surface area contributed by atoms with E-state index in [1.54, 1.807) is 6.92 Å². The summed E-state index contributed by atoms with van der Waals surface area (Å²) in [5.74, 6) is -0.962. The van der Waals surface area contributed by atoms with E-state index in [0.717, 1.165) is 25.7 Å². The maximum absolute atomic E-state index is 13.0. The van der Waals surface area contributed by atoms with Crippen molar-refractivity contribution >= 4 is 21.7 Å². The number of likely N-dealkylation sites (tertiary alicyclic amines) is 1. The van der Waals surface area contributed by atoms with Crippen LogP contribution in [0.5, 0.6) is 0 Å². The number of benzene rings is 1. The van der Waals surface area contributed by atoms with Crippen LogP contribution in [0.1, 0.15) is 55.8 Å². The summed E-state index contributed by atoms with van der Waals surface area (Å²) in [5, 5.41) is 9.56. The summed E-state index contributed by atoms with van der Waals surface area (Å²) in [5.41, 5.74) is 0.345. The minimum absolute atomic E-state index is 0.0270. The largest absolute Gasteiger partial charge is 0.480 e. The molecule has 0 bridgehead atoms. The highest BCUT2D eigenvalue weighted by Crippen LogP contribution is 2.40. The van der Waals surface area contributed by atoms with Crippen LogP contribution in [0.3, 0.4) is 0 Å². The SMILES string of the molecule is CCCS(=O)(=O)c1ccc(C(=O)N2[C@@H]3CCCC[C@H]3C[C@H]2C(=O)O)cc1. The van der Waals surface area contributed by atoms with Crippen LogP contribution in [-0.2, 0) is 14.6 Å². The van der Waals surface area contributed by atoms with E-state index in [2.05, 4.69) is 0 Å². The number of rotatable bonds is 5. The molecular formula is C19H25NO5S. The predicted octanol–water partition coefficient (Wildman–Crippen LogP) is 2.73. The molecule has 142 valence electrons. The molecule has 3 atom stereocenters. The monoisotopic (exact) mass is 379 g/mol. The van der Waals surface area contributed by atoms with Crippen molar-refractivity contribution in [2.45, 2.75) is 62.4 Å². The molecule has 1 aliphatic carbocycles. The normalized spacial score (nSPS) is 25.7. The molecule has 7 heteroatoms. The third kappa shape index (κ3) is 3.49. The number of sulfone groups is 1. The summed E-state index contributed by atoms with van der Waals surface area (Å²) >= 11 is 0. The van der Waals surface area contributed by atoms with Crippen molar-refractivity contribution in [1.29, 1.82) is 0 Å². The topological polar surface area (TPSA) is 91.8 Å². The molecule has 1 saturated heterocycles. The molecule has 1 heterocycles. The minimum atomic E-state index is -3.33. The molecule has 2 aliphatic rings. The van der Waals surface area contributed by atoms with E-state index in [4.69, 9.17) is 0 Å². The van der Waals surface area contributed by atoms with E-state index in [-0.39, 0.29) is 28.5 Å². The summed E-state index contributed by atoms with van der Waals surface area (Å²) in [6, 6.07) is 5.07. The minimum Gasteiger partial charge on any atom is -0.480 e. The number of carboxylic acid groups (broad SMARTS) is 1. The molecule has 1 N–H and O–H groups in total. The Balaban J connectivity index is 1.86. The van der Waals surface area contributed by atoms with Gasteiger partial charge < -0.3 is 10.0 Å². The van der Waals surface area contributed by atoms with Crippen molar-refractivity contribution in [3.8, 4) is 0 Å². The number of carbonyl (C=O) groups is 2. The Morgan fingerprint density at radius 1 is 1.15 bits per heavy atom. The smallest absolute Gasteiger partial charge is 0.326 e. The second-order valence-electron chi connectivity index (χ2n) is 7.26. The lowest BCUT2D eigenvalue weighted by Gasteiger charge is -2.33. The molecule has 1 aliphatic heterocycles. The lowest BCUT2D eigenvalue weighted by atomic mass is 9.84. The van der Waals surface area contributed by atoms with Crippen LogP contribution in [0.4, 0.5) is 0 Å². The molecule has 0 spiro atoms. The van der Waals surface area contributed by atoms with Crippen LogP contribution in [0, 0.1) is 5.92 Å². The highest BCUT2D eigenvalue weighted by Gasteiger charge is 2.47. The molecule has 26 heavy (non-hydrogen) atoms. The summed E-state index contributed by atoms with van der Waals surface area (Å²) in [7, 11) is -3.33. The summed E-state index contributed by atoms with van der Waals surface area (Å²) < 4.78 is 24.3. The third-order valence-corrected chi connectivity index (χ3v) is 7.48. The maximum Gasteiger partial charge on any atom is 0.326 e. The number of carboxylic acids is 1. The number of hydrogen-bond acceptors (Lipinski definition) is 4. The molecule has 1 amide bonds. The molecule has 1 aromatic carbocycles. The van der Waals surface area contributed by atoms with Gasteiger partial charge in [0.25, 0.3) is 5.91 Å². The van der Waals surface area contributed by atoms with Crippen LogP contribution in [0.2, 0.25) is 0 Å². The maximum atomic E-state index is 13.0. The first-order valence-electron chi connectivity index (χ1n) is 9.23. The van der Waals surface area contributed by atoms with Gasteiger partial charge in [-0.05, 0) is 55.9 Å². The Kier molecular flexibility index (Phi) is 5.37. The molecule has 2 fully saturated rings. The fourth-order valence-corrected chi connectivity index (χ4v) is 5.64. The zero-order valence-electron chi connectivity index (χ0n) is 14.9. The summed E-state index contributed by atoms with van der Waals surface area (Å²) in [4.78, 5) is 26.4. The molecule has 1 saturated carbocycles. The fourth-order valence-electron chi connectivity index (χ4n) is 4.31. The molecular weight excluding hydrogens is 354 g/mol. The van der Waals surface area contributed by atoms with Crippen molar-refractivity contribution in [3.63, 3.8) is 0 Å². The van der Waals surface area contributed by atoms with Gasteiger partial charge >= 0.3 is 5.97 Å². The number of fused-ring (bicyclic) bond motifs is 1. The fraction of sp³-hybridized carbons (Fsp3) is 0.579. The van der Waals surface area contributed by atoms with Gasteiger partial charge in [0, 0.05) is 11.6 Å². The summed E-state index contributed by atoms with van der Waals surface area (Å²) in [6.07, 6.45) is 4.93. The number of aliphatic carboxylic acids is 1. The van der Waals surface area contributed by atoms with Crippen molar-refractivity contribution < 1.29 is 23.1 Å². The van der Waals surface area contributed by atoms with Gasteiger partial charge in [-0.2, -0.15) is 0 Å². The molecule has 6 nitrogen and oxygen atoms in total. The second kappa shape index (κ2) is 7.39. The number of carbonyl (C=O) groups excluding carboxylic acids is 1. The lowest BCUT2D eigenvalue weighted by molar-refractivity contribution is -0.141. The van der Waals surface area contributed by atoms with Crippen LogP contribution < -0.4 is 0 Å². The van der Waals surface area contributed by atoms with Crippen LogP contribution in [0.15, 0.2) is 29.2 Å². The van der Waals surface area contributed by atoms with Crippen LogP contribution in [-0.4, -0.2) is 48.1 Å². The van der Waals surface area contributed by atoms with Crippen LogP contribution in [0.25, 0.3) is 0 Å². The van der Waals surface area contributed by atoms with E-state index in [1.807, 2.05) is 0 Å². The first-order chi connectivity index (χ1) is 12.3. The average Bonchev–Trinajstić information content (AvgIpc) is 3.01. The number of nitrogens with zero attached hydrogens (tertiary/aromatic N) is 1. The third-order valence-electron chi connectivity index (χ3n) is 5.54. The van der Waals surface area contributed by atoms with E-state index in [1.165, 1.54) is 29.2 Å². The van der Waals surface area contributed by atoms with Crippen molar-refractivity contribution in [1.82, 2.24) is 4.90 Å². The molecule has 3 rings (SSSR count). The van der Waals surface area contributed by atoms with Gasteiger partial charge in [0.05, 0.1) is 10.6 Å². The van der Waals surface area contributed by atoms with E-state index < -0.39 is 21.8 Å². The van der Waals surface area contributed by atoms with Crippen molar-refractivity contribution in [2.24, 2.45) is 5.92 Å². The van der Waals surface area contributed by atoms with Crippen molar-refractivity contribution in [2.75, 3.05) is 5.75 Å². The molecule has 0 radical (unpaired) electrons. The summed E-state index contributed by atoms with van der Waals surface area (Å²) in [6.45, 7) is 1.80. The lowest BCUT2D eigenvalue weighted by Crippen LogP contribution is -2.46. The Morgan fingerprint density at radius 3 is 2.42 bits per heavy atom. The van der Waals surface area contributed by atoms with Gasteiger partial charge in [-0.15, -0.1) is 0 Å². The number of hydrogen-bond donors (Lipinski definition) is 1. The predicted molar refractivity (Wildman–Crippen MR) is 96.7 cm³/mol. The van der Waals surface area contributed by atoms with Crippen LogP contribution >= 0.6 is 0 Å². The Labute approximate surface area is 154 Å². The molecule has 0 unspecified atom stereocenters. The quantitative estimate of drug-likeness (QED) is 0.849. The first kappa shape index (κ1) is 18.9. The zero-order valence-corrected chi connectivity index (χ0v) is 15.7. The highest BCUT2D eigenvalue weighted by atomic mass is 32.2. The molecule has 1 aromatic rings. The van der Waals surface area contributed by atoms with Gasteiger partial charge in [0.2, 0.25) is 0 Å². The first-order valence-corrected chi connectivity index (χ1v) is 10.9. The average molecular weight is 379 g/mol. The molecule has 0 aromatic heterocycles. The van der Waals surface area contributed by atoms with E-state index in [0.29, 0.717) is 18.4 Å². The van der Waals surface area contributed by atoms with Gasteiger partial charge in [-0.25, -0.2) is 13.2 Å². The van der Waals surface area contributed by atoms with Crippen molar-refractivity contribution in [3.05, 3.63) is 29.8 Å².